The van der Waals surface area contributed by atoms with Crippen LogP contribution in [0.1, 0.15) is 23.0 Å². The number of esters is 1. The number of pyridine rings is 1. The summed E-state index contributed by atoms with van der Waals surface area (Å²) in [5.74, 6) is -1.44. The molecule has 0 aliphatic rings. The minimum atomic E-state index is -0.521. The number of rotatable bonds is 4. The second-order valence-corrected chi connectivity index (χ2v) is 4.46. The van der Waals surface area contributed by atoms with Gasteiger partial charge in [-0.1, -0.05) is 0 Å². The van der Waals surface area contributed by atoms with Crippen molar-refractivity contribution in [3.05, 3.63) is 41.3 Å². The second-order valence-electron chi connectivity index (χ2n) is 4.46. The Balaban J connectivity index is 2.30. The van der Waals surface area contributed by atoms with Gasteiger partial charge in [0.1, 0.15) is 12.4 Å². The molecule has 0 saturated carbocycles. The molecule has 0 aliphatic carbocycles. The molecule has 0 fully saturated rings. The average molecular weight is 290 g/mol. The number of carbonyl (C=O) groups is 2. The third-order valence-electron chi connectivity index (χ3n) is 2.84. The van der Waals surface area contributed by atoms with Crippen LogP contribution in [0, 0.1) is 12.7 Å². The van der Waals surface area contributed by atoms with E-state index >= 15 is 0 Å². The van der Waals surface area contributed by atoms with Gasteiger partial charge < -0.3 is 10.1 Å². The fourth-order valence-electron chi connectivity index (χ4n) is 1.98. The van der Waals surface area contributed by atoms with E-state index in [2.05, 4.69) is 10.3 Å². The van der Waals surface area contributed by atoms with E-state index in [1.165, 1.54) is 18.2 Å². The highest BCUT2D eigenvalue weighted by atomic mass is 19.1. The van der Waals surface area contributed by atoms with Gasteiger partial charge in [0.2, 0.25) is 0 Å². The smallest absolute Gasteiger partial charge is 0.325 e. The molecule has 1 aromatic carbocycles. The van der Waals surface area contributed by atoms with Crippen molar-refractivity contribution < 1.29 is 18.7 Å². The SMILES string of the molecule is CCOC(=O)CNC(=O)c1cc(C)nc2ccc(F)cc12. The molecule has 6 heteroatoms. The minimum absolute atomic E-state index is 0.231. The predicted molar refractivity (Wildman–Crippen MR) is 75.4 cm³/mol. The molecule has 0 aliphatic heterocycles. The Kier molecular flexibility index (Phi) is 4.47. The molecule has 110 valence electrons. The number of nitrogens with one attached hydrogen (secondary N) is 1. The molecule has 0 bridgehead atoms. The predicted octanol–water partition coefficient (Wildman–Crippen LogP) is 1.98. The van der Waals surface area contributed by atoms with E-state index in [4.69, 9.17) is 4.74 Å². The number of carbonyl (C=O) groups excluding carboxylic acids is 2. The third-order valence-corrected chi connectivity index (χ3v) is 2.84. The molecule has 1 N–H and O–H groups in total. The van der Waals surface area contributed by atoms with Gasteiger partial charge in [0.05, 0.1) is 17.7 Å². The van der Waals surface area contributed by atoms with Gasteiger partial charge in [-0.3, -0.25) is 14.6 Å². The number of fused-ring (bicyclic) bond motifs is 1. The van der Waals surface area contributed by atoms with E-state index in [0.29, 0.717) is 16.6 Å². The molecular weight excluding hydrogens is 275 g/mol. The van der Waals surface area contributed by atoms with Crippen molar-refractivity contribution in [3.63, 3.8) is 0 Å². The Morgan fingerprint density at radius 3 is 2.81 bits per heavy atom. The Morgan fingerprint density at radius 2 is 2.10 bits per heavy atom. The minimum Gasteiger partial charge on any atom is -0.465 e. The lowest BCUT2D eigenvalue weighted by atomic mass is 10.1. The number of nitrogens with zero attached hydrogens (tertiary/aromatic N) is 1. The summed E-state index contributed by atoms with van der Waals surface area (Å²) in [6.45, 7) is 3.44. The maximum absolute atomic E-state index is 13.4. The normalized spacial score (nSPS) is 10.4. The lowest BCUT2D eigenvalue weighted by Crippen LogP contribution is -2.30. The molecule has 1 heterocycles. The van der Waals surface area contributed by atoms with E-state index in [0.717, 1.165) is 0 Å². The van der Waals surface area contributed by atoms with E-state index in [-0.39, 0.29) is 18.7 Å². The van der Waals surface area contributed by atoms with Crippen LogP contribution in [-0.4, -0.2) is 30.0 Å². The molecule has 1 aromatic heterocycles. The van der Waals surface area contributed by atoms with Gasteiger partial charge in [0.25, 0.3) is 5.91 Å². The lowest BCUT2D eigenvalue weighted by Gasteiger charge is -2.09. The first kappa shape index (κ1) is 14.9. The summed E-state index contributed by atoms with van der Waals surface area (Å²) in [7, 11) is 0. The number of aryl methyl sites for hydroxylation is 1. The van der Waals surface area contributed by atoms with Crippen LogP contribution in [0.15, 0.2) is 24.3 Å². The van der Waals surface area contributed by atoms with Crippen LogP contribution in [0.25, 0.3) is 10.9 Å². The molecule has 1 amide bonds. The summed E-state index contributed by atoms with van der Waals surface area (Å²) in [6.07, 6.45) is 0. The second kappa shape index (κ2) is 6.30. The lowest BCUT2D eigenvalue weighted by molar-refractivity contribution is -0.141. The van der Waals surface area contributed by atoms with Crippen LogP contribution in [-0.2, 0) is 9.53 Å². The number of amides is 1. The summed E-state index contributed by atoms with van der Waals surface area (Å²) >= 11 is 0. The molecule has 2 aromatic rings. The summed E-state index contributed by atoms with van der Waals surface area (Å²) < 4.78 is 18.1. The molecule has 2 rings (SSSR count). The zero-order valence-electron chi connectivity index (χ0n) is 11.8. The molecule has 0 saturated heterocycles. The van der Waals surface area contributed by atoms with E-state index in [1.807, 2.05) is 0 Å². The van der Waals surface area contributed by atoms with Crippen LogP contribution in [0.2, 0.25) is 0 Å². The first-order valence-corrected chi connectivity index (χ1v) is 6.52. The van der Waals surface area contributed by atoms with Gasteiger partial charge in [-0.25, -0.2) is 4.39 Å². The Morgan fingerprint density at radius 1 is 1.33 bits per heavy atom. The molecular formula is C15H15FN2O3. The molecule has 5 nitrogen and oxygen atoms in total. The van der Waals surface area contributed by atoms with E-state index < -0.39 is 17.7 Å². The molecule has 21 heavy (non-hydrogen) atoms. The van der Waals surface area contributed by atoms with Crippen LogP contribution < -0.4 is 5.32 Å². The highest BCUT2D eigenvalue weighted by Crippen LogP contribution is 2.19. The highest BCUT2D eigenvalue weighted by molar-refractivity contribution is 6.06. The van der Waals surface area contributed by atoms with Crippen molar-refractivity contribution in [2.75, 3.05) is 13.2 Å². The number of ether oxygens (including phenoxy) is 1. The van der Waals surface area contributed by atoms with Gasteiger partial charge in [0, 0.05) is 11.1 Å². The van der Waals surface area contributed by atoms with E-state index in [9.17, 15) is 14.0 Å². The van der Waals surface area contributed by atoms with Crippen LogP contribution in [0.4, 0.5) is 4.39 Å². The van der Waals surface area contributed by atoms with Crippen LogP contribution in [0.5, 0.6) is 0 Å². The summed E-state index contributed by atoms with van der Waals surface area (Å²) in [6, 6.07) is 5.61. The molecule has 0 radical (unpaired) electrons. The summed E-state index contributed by atoms with van der Waals surface area (Å²) in [4.78, 5) is 27.7. The zero-order valence-corrected chi connectivity index (χ0v) is 11.8. The fraction of sp³-hybridized carbons (Fsp3) is 0.267. The topological polar surface area (TPSA) is 68.3 Å². The van der Waals surface area contributed by atoms with Gasteiger partial charge in [-0.2, -0.15) is 0 Å². The summed E-state index contributed by atoms with van der Waals surface area (Å²) in [5, 5.41) is 2.86. The Hall–Kier alpha value is -2.50. The van der Waals surface area contributed by atoms with Gasteiger partial charge >= 0.3 is 5.97 Å². The van der Waals surface area contributed by atoms with Gasteiger partial charge in [-0.15, -0.1) is 0 Å². The van der Waals surface area contributed by atoms with Crippen molar-refractivity contribution in [2.24, 2.45) is 0 Å². The zero-order chi connectivity index (χ0) is 15.4. The Labute approximate surface area is 121 Å². The first-order chi connectivity index (χ1) is 10.0. The van der Waals surface area contributed by atoms with Crippen molar-refractivity contribution >= 4 is 22.8 Å². The Bertz CT molecular complexity index is 701. The number of halogens is 1. The van der Waals surface area contributed by atoms with Crippen LogP contribution >= 0.6 is 0 Å². The van der Waals surface area contributed by atoms with Crippen molar-refractivity contribution in [1.29, 1.82) is 0 Å². The van der Waals surface area contributed by atoms with Crippen molar-refractivity contribution in [1.82, 2.24) is 10.3 Å². The van der Waals surface area contributed by atoms with Crippen LogP contribution in [0.3, 0.4) is 0 Å². The van der Waals surface area contributed by atoms with Gasteiger partial charge in [0.15, 0.2) is 0 Å². The monoisotopic (exact) mass is 290 g/mol. The fourth-order valence-corrected chi connectivity index (χ4v) is 1.98. The standard InChI is InChI=1S/C15H15FN2O3/c1-3-21-14(19)8-17-15(20)12-6-9(2)18-13-5-4-10(16)7-11(12)13/h4-7H,3,8H2,1-2H3,(H,17,20). The van der Waals surface area contributed by atoms with Crippen molar-refractivity contribution in [3.8, 4) is 0 Å². The number of aromatic nitrogens is 1. The molecule has 0 unspecified atom stereocenters. The molecule has 0 atom stereocenters. The third kappa shape index (κ3) is 3.53. The number of benzene rings is 1. The summed E-state index contributed by atoms with van der Waals surface area (Å²) in [5.41, 5.74) is 1.44. The van der Waals surface area contributed by atoms with Gasteiger partial charge in [-0.05, 0) is 38.1 Å². The first-order valence-electron chi connectivity index (χ1n) is 6.52. The average Bonchev–Trinajstić information content (AvgIpc) is 2.44. The number of hydrogen-bond donors (Lipinski definition) is 1. The largest absolute Gasteiger partial charge is 0.465 e. The van der Waals surface area contributed by atoms with Crippen molar-refractivity contribution in [2.45, 2.75) is 13.8 Å². The highest BCUT2D eigenvalue weighted by Gasteiger charge is 2.14. The maximum atomic E-state index is 13.4. The van der Waals surface area contributed by atoms with E-state index in [1.54, 1.807) is 19.9 Å². The number of hydrogen-bond acceptors (Lipinski definition) is 4. The maximum Gasteiger partial charge on any atom is 0.325 e. The quantitative estimate of drug-likeness (QED) is 0.874. The molecule has 0 spiro atoms.